The van der Waals surface area contributed by atoms with Gasteiger partial charge in [0, 0.05) is 0 Å². The maximum absolute atomic E-state index is 12.5. The molecule has 2 aromatic rings. The lowest BCUT2D eigenvalue weighted by Gasteiger charge is -1.94. The molecule has 0 fully saturated rings. The summed E-state index contributed by atoms with van der Waals surface area (Å²) >= 11 is 0. The molecule has 116 valence electrons. The minimum absolute atomic E-state index is 0.209. The average Bonchev–Trinajstić information content (AvgIpc) is 2.34. The van der Waals surface area contributed by atoms with Gasteiger partial charge in [-0.2, -0.15) is 8.42 Å². The quantitative estimate of drug-likeness (QED) is 0.437. The first-order valence-electron chi connectivity index (χ1n) is 5.55. The predicted octanol–water partition coefficient (Wildman–Crippen LogP) is 2.46. The molecule has 21 heavy (non-hydrogen) atoms. The van der Waals surface area contributed by atoms with E-state index in [1.807, 2.05) is 13.0 Å². The highest BCUT2D eigenvalue weighted by atomic mass is 32.3. The fourth-order valence-corrected chi connectivity index (χ4v) is 1.06. The SMILES string of the molecule is Cc1ccc(N)c(F)c1.O=S(=O)(O)O.Oc1ccccc1. The summed E-state index contributed by atoms with van der Waals surface area (Å²) in [6, 6.07) is 13.5. The van der Waals surface area contributed by atoms with Gasteiger partial charge in [-0.05, 0) is 36.8 Å². The third-order valence-corrected chi connectivity index (χ3v) is 1.91. The van der Waals surface area contributed by atoms with Crippen molar-refractivity contribution in [3.63, 3.8) is 0 Å². The number of halogens is 1. The number of phenols is 1. The van der Waals surface area contributed by atoms with Crippen LogP contribution in [0.25, 0.3) is 0 Å². The van der Waals surface area contributed by atoms with E-state index in [-0.39, 0.29) is 11.5 Å². The van der Waals surface area contributed by atoms with Crippen molar-refractivity contribution in [1.29, 1.82) is 0 Å². The van der Waals surface area contributed by atoms with Crippen molar-refractivity contribution in [2.45, 2.75) is 6.92 Å². The number of para-hydroxylation sites is 1. The maximum Gasteiger partial charge on any atom is 0.394 e. The van der Waals surface area contributed by atoms with Gasteiger partial charge in [0.25, 0.3) is 0 Å². The number of rotatable bonds is 0. The van der Waals surface area contributed by atoms with Crippen molar-refractivity contribution in [2.75, 3.05) is 5.73 Å². The topological polar surface area (TPSA) is 121 Å². The Morgan fingerprint density at radius 3 is 1.81 bits per heavy atom. The smallest absolute Gasteiger partial charge is 0.394 e. The third-order valence-electron chi connectivity index (χ3n) is 1.91. The molecule has 0 unspecified atom stereocenters. The molecule has 0 heterocycles. The Bertz CT molecular complexity index is 639. The van der Waals surface area contributed by atoms with E-state index in [0.29, 0.717) is 5.75 Å². The summed E-state index contributed by atoms with van der Waals surface area (Å²) < 4.78 is 44.0. The molecular formula is C13H16FNO5S. The summed E-state index contributed by atoms with van der Waals surface area (Å²) in [7, 11) is -4.67. The fourth-order valence-electron chi connectivity index (χ4n) is 1.06. The number of nitrogens with two attached hydrogens (primary N) is 1. The Balaban J connectivity index is 0.000000300. The van der Waals surface area contributed by atoms with Gasteiger partial charge in [-0.25, -0.2) is 4.39 Å². The molecule has 0 atom stereocenters. The van der Waals surface area contributed by atoms with E-state index < -0.39 is 10.4 Å². The number of phenolic OH excluding ortho intramolecular Hbond substituents is 1. The number of anilines is 1. The minimum atomic E-state index is -4.67. The van der Waals surface area contributed by atoms with E-state index in [2.05, 4.69) is 0 Å². The third kappa shape index (κ3) is 12.6. The lowest BCUT2D eigenvalue weighted by molar-refractivity contribution is 0.381. The van der Waals surface area contributed by atoms with Gasteiger partial charge in [0.1, 0.15) is 11.6 Å². The Morgan fingerprint density at radius 1 is 1.05 bits per heavy atom. The zero-order chi connectivity index (χ0) is 16.5. The van der Waals surface area contributed by atoms with Crippen LogP contribution in [0, 0.1) is 12.7 Å². The molecule has 0 aliphatic heterocycles. The van der Waals surface area contributed by atoms with Gasteiger partial charge in [0.05, 0.1) is 5.69 Å². The van der Waals surface area contributed by atoms with Crippen LogP contribution in [0.2, 0.25) is 0 Å². The molecular weight excluding hydrogens is 301 g/mol. The highest BCUT2D eigenvalue weighted by Crippen LogP contribution is 2.10. The van der Waals surface area contributed by atoms with E-state index in [1.165, 1.54) is 6.07 Å². The normalized spacial score (nSPS) is 9.71. The van der Waals surface area contributed by atoms with Crippen molar-refractivity contribution < 1.29 is 27.0 Å². The second-order valence-corrected chi connectivity index (χ2v) is 4.70. The first-order chi connectivity index (χ1) is 9.59. The number of benzene rings is 2. The van der Waals surface area contributed by atoms with Crippen LogP contribution in [-0.2, 0) is 10.4 Å². The van der Waals surface area contributed by atoms with Crippen LogP contribution in [0.3, 0.4) is 0 Å². The van der Waals surface area contributed by atoms with Crippen molar-refractivity contribution in [2.24, 2.45) is 0 Å². The van der Waals surface area contributed by atoms with Crippen molar-refractivity contribution >= 4 is 16.1 Å². The lowest BCUT2D eigenvalue weighted by atomic mass is 10.2. The van der Waals surface area contributed by atoms with E-state index in [0.717, 1.165) is 5.56 Å². The van der Waals surface area contributed by atoms with Gasteiger partial charge < -0.3 is 10.8 Å². The summed E-state index contributed by atoms with van der Waals surface area (Å²) in [5, 5.41) is 8.63. The fraction of sp³-hybridized carbons (Fsp3) is 0.0769. The molecule has 0 amide bonds. The molecule has 2 rings (SSSR count). The summed E-state index contributed by atoms with van der Waals surface area (Å²) in [6.07, 6.45) is 0. The van der Waals surface area contributed by atoms with Crippen LogP contribution < -0.4 is 5.73 Å². The molecule has 0 saturated heterocycles. The molecule has 0 saturated carbocycles. The van der Waals surface area contributed by atoms with Gasteiger partial charge in [-0.15, -0.1) is 0 Å². The number of hydrogen-bond donors (Lipinski definition) is 4. The van der Waals surface area contributed by atoms with E-state index >= 15 is 0 Å². The summed E-state index contributed by atoms with van der Waals surface area (Å²) in [6.45, 7) is 1.82. The second-order valence-electron chi connectivity index (χ2n) is 3.81. The molecule has 2 aromatic carbocycles. The maximum atomic E-state index is 12.5. The van der Waals surface area contributed by atoms with Gasteiger partial charge >= 0.3 is 10.4 Å². The summed E-state index contributed by atoms with van der Waals surface area (Å²) in [5.41, 5.74) is 6.31. The van der Waals surface area contributed by atoms with E-state index in [4.69, 9.17) is 28.4 Å². The van der Waals surface area contributed by atoms with Gasteiger partial charge in [-0.3, -0.25) is 9.11 Å². The molecule has 5 N–H and O–H groups in total. The summed E-state index contributed by atoms with van der Waals surface area (Å²) in [4.78, 5) is 0. The van der Waals surface area contributed by atoms with Crippen LogP contribution in [-0.4, -0.2) is 22.6 Å². The van der Waals surface area contributed by atoms with Crippen LogP contribution in [0.15, 0.2) is 48.5 Å². The molecule has 0 bridgehead atoms. The number of aryl methyl sites for hydroxylation is 1. The molecule has 6 nitrogen and oxygen atoms in total. The Kier molecular flexibility index (Phi) is 7.99. The average molecular weight is 317 g/mol. The summed E-state index contributed by atoms with van der Waals surface area (Å²) in [5.74, 6) is -0.0162. The van der Waals surface area contributed by atoms with Crippen LogP contribution in [0.5, 0.6) is 5.75 Å². The van der Waals surface area contributed by atoms with Gasteiger partial charge in [0.15, 0.2) is 0 Å². The van der Waals surface area contributed by atoms with Crippen molar-refractivity contribution in [3.05, 3.63) is 59.9 Å². The molecule has 0 aromatic heterocycles. The highest BCUT2D eigenvalue weighted by molar-refractivity contribution is 7.79. The number of aromatic hydroxyl groups is 1. The molecule has 8 heteroatoms. The lowest BCUT2D eigenvalue weighted by Crippen LogP contribution is -1.89. The predicted molar refractivity (Wildman–Crippen MR) is 77.8 cm³/mol. The minimum Gasteiger partial charge on any atom is -0.508 e. The van der Waals surface area contributed by atoms with Gasteiger partial charge in [-0.1, -0.05) is 24.3 Å². The zero-order valence-electron chi connectivity index (χ0n) is 11.1. The van der Waals surface area contributed by atoms with Crippen LogP contribution in [0.4, 0.5) is 10.1 Å². The first-order valence-corrected chi connectivity index (χ1v) is 6.95. The standard InChI is InChI=1S/C7H8FN.C6H6O.H2O4S/c1-5-2-3-7(9)6(8)4-5;7-6-4-2-1-3-5-6;1-5(2,3)4/h2-4H,9H2,1H3;1-5,7H;(H2,1,2,3,4). The molecule has 0 aliphatic carbocycles. The number of hydrogen-bond acceptors (Lipinski definition) is 4. The van der Waals surface area contributed by atoms with E-state index in [1.54, 1.807) is 36.4 Å². The first kappa shape index (κ1) is 18.8. The van der Waals surface area contributed by atoms with E-state index in [9.17, 15) is 4.39 Å². The molecule has 0 radical (unpaired) electrons. The van der Waals surface area contributed by atoms with Crippen LogP contribution >= 0.6 is 0 Å². The Morgan fingerprint density at radius 2 is 1.52 bits per heavy atom. The molecule has 0 aliphatic rings. The van der Waals surface area contributed by atoms with Crippen molar-refractivity contribution in [1.82, 2.24) is 0 Å². The van der Waals surface area contributed by atoms with Gasteiger partial charge in [0.2, 0.25) is 0 Å². The zero-order valence-corrected chi connectivity index (χ0v) is 12.0. The largest absolute Gasteiger partial charge is 0.508 e. The Hall–Kier alpha value is -2.16. The second kappa shape index (κ2) is 8.90. The Labute approximate surface area is 122 Å². The monoisotopic (exact) mass is 317 g/mol. The van der Waals surface area contributed by atoms with Crippen LogP contribution in [0.1, 0.15) is 5.56 Å². The van der Waals surface area contributed by atoms with Crippen molar-refractivity contribution in [3.8, 4) is 5.75 Å². The molecule has 0 spiro atoms. The number of nitrogen functional groups attached to an aromatic ring is 1. The highest BCUT2D eigenvalue weighted by Gasteiger charge is 1.94.